The van der Waals surface area contributed by atoms with Crippen molar-refractivity contribution in [3.63, 3.8) is 0 Å². The normalized spacial score (nSPS) is 15.4. The van der Waals surface area contributed by atoms with E-state index in [9.17, 15) is 4.79 Å². The summed E-state index contributed by atoms with van der Waals surface area (Å²) in [5.74, 6) is 1.90. The van der Waals surface area contributed by atoms with E-state index in [1.807, 2.05) is 66.0 Å². The molecule has 0 bridgehead atoms. The lowest BCUT2D eigenvalue weighted by molar-refractivity contribution is 0.0993. The van der Waals surface area contributed by atoms with Gasteiger partial charge in [0.05, 0.1) is 10.9 Å². The number of aryl methyl sites for hydroxylation is 1. The monoisotopic (exact) mass is 475 g/mol. The fourth-order valence-corrected chi connectivity index (χ4v) is 5.65. The van der Waals surface area contributed by atoms with Gasteiger partial charge in [-0.25, -0.2) is 0 Å². The Kier molecular flexibility index (Phi) is 6.15. The lowest BCUT2D eigenvalue weighted by Gasteiger charge is -2.18. The molecule has 0 saturated heterocycles. The first-order valence-electron chi connectivity index (χ1n) is 10.7. The van der Waals surface area contributed by atoms with Gasteiger partial charge in [0.15, 0.2) is 5.78 Å². The Morgan fingerprint density at radius 2 is 2.12 bits per heavy atom. The minimum Gasteiger partial charge on any atom is -0.369 e. The molecule has 166 valence electrons. The first-order valence-corrected chi connectivity index (χ1v) is 12.1. The van der Waals surface area contributed by atoms with Gasteiger partial charge in [0.1, 0.15) is 11.5 Å². The molecule has 6 nitrogen and oxygen atoms in total. The van der Waals surface area contributed by atoms with E-state index in [4.69, 9.17) is 16.7 Å². The van der Waals surface area contributed by atoms with Crippen LogP contribution in [0.5, 0.6) is 0 Å². The van der Waals surface area contributed by atoms with Gasteiger partial charge in [0.25, 0.3) is 0 Å². The molecule has 33 heavy (non-hydrogen) atoms. The van der Waals surface area contributed by atoms with E-state index in [-0.39, 0.29) is 11.0 Å². The van der Waals surface area contributed by atoms with Crippen molar-refractivity contribution in [1.82, 2.24) is 19.7 Å². The van der Waals surface area contributed by atoms with Crippen LogP contribution in [0.2, 0.25) is 5.02 Å². The summed E-state index contributed by atoms with van der Waals surface area (Å²) in [4.78, 5) is 21.4. The lowest BCUT2D eigenvalue weighted by Crippen LogP contribution is -2.07. The fraction of sp³-hybridized carbons (Fsp3) is 0.200. The van der Waals surface area contributed by atoms with Crippen LogP contribution in [0.15, 0.2) is 67.1 Å². The van der Waals surface area contributed by atoms with Crippen molar-refractivity contribution in [3.8, 4) is 11.4 Å². The number of carbonyl (C=O) groups excluding carboxylic acids is 1. The van der Waals surface area contributed by atoms with Crippen LogP contribution in [0.25, 0.3) is 11.4 Å². The summed E-state index contributed by atoms with van der Waals surface area (Å²) < 4.78 is 1.87. The highest BCUT2D eigenvalue weighted by Gasteiger charge is 2.31. The second-order valence-corrected chi connectivity index (χ2v) is 9.44. The van der Waals surface area contributed by atoms with Gasteiger partial charge >= 0.3 is 0 Å². The Hall–Kier alpha value is -3.16. The van der Waals surface area contributed by atoms with Crippen LogP contribution in [-0.4, -0.2) is 37.8 Å². The Labute approximate surface area is 201 Å². The molecule has 1 atom stereocenters. The Morgan fingerprint density at radius 1 is 1.21 bits per heavy atom. The number of carbonyl (C=O) groups is 1. The summed E-state index contributed by atoms with van der Waals surface area (Å²) in [6, 6.07) is 15.2. The molecule has 3 aromatic heterocycles. The van der Waals surface area contributed by atoms with Crippen molar-refractivity contribution < 1.29 is 4.79 Å². The quantitative estimate of drug-likeness (QED) is 0.400. The largest absolute Gasteiger partial charge is 0.369 e. The molecule has 0 aliphatic carbocycles. The summed E-state index contributed by atoms with van der Waals surface area (Å²) in [7, 11) is 1.94. The number of hydrogen-bond acceptors (Lipinski definition) is 6. The van der Waals surface area contributed by atoms with Crippen molar-refractivity contribution >= 4 is 35.0 Å². The van der Waals surface area contributed by atoms with Crippen molar-refractivity contribution in [2.75, 3.05) is 17.6 Å². The minimum absolute atomic E-state index is 0.0166. The number of rotatable bonds is 5. The third-order valence-electron chi connectivity index (χ3n) is 5.62. The van der Waals surface area contributed by atoms with Gasteiger partial charge in [-0.2, -0.15) is 5.10 Å². The van der Waals surface area contributed by atoms with Crippen LogP contribution in [-0.2, 0) is 13.5 Å². The molecular weight excluding hydrogens is 454 g/mol. The number of benzene rings is 1. The van der Waals surface area contributed by atoms with Crippen molar-refractivity contribution in [3.05, 3.63) is 94.4 Å². The van der Waals surface area contributed by atoms with Crippen LogP contribution < -0.4 is 5.32 Å². The van der Waals surface area contributed by atoms with E-state index < -0.39 is 0 Å². The standard InChI is InChI=1S/C25H22ClN5OS/c1-31-25-22(23(30-31)20-6-2-3-10-28-20)24(33-12-11-29-25)18-8-7-17(14-19(18)26)21(32)13-16-5-4-9-27-15-16/h2-10,14-15,24,29H,11-13H2,1H3. The number of anilines is 1. The summed E-state index contributed by atoms with van der Waals surface area (Å²) >= 11 is 8.61. The van der Waals surface area contributed by atoms with Crippen LogP contribution in [0.4, 0.5) is 5.82 Å². The summed E-state index contributed by atoms with van der Waals surface area (Å²) in [6.07, 6.45) is 5.48. The minimum atomic E-state index is -0.0318. The van der Waals surface area contributed by atoms with Gasteiger partial charge < -0.3 is 5.32 Å². The summed E-state index contributed by atoms with van der Waals surface area (Å²) in [6.45, 7) is 0.828. The molecule has 1 N–H and O–H groups in total. The Balaban J connectivity index is 1.52. The van der Waals surface area contributed by atoms with Crippen LogP contribution in [0.3, 0.4) is 0 Å². The molecular formula is C25H22ClN5OS. The second kappa shape index (κ2) is 9.37. The topological polar surface area (TPSA) is 72.7 Å². The number of nitrogens with zero attached hydrogens (tertiary/aromatic N) is 4. The van der Waals surface area contributed by atoms with Crippen molar-refractivity contribution in [2.24, 2.45) is 7.05 Å². The smallest absolute Gasteiger partial charge is 0.167 e. The van der Waals surface area contributed by atoms with Gasteiger partial charge in [-0.3, -0.25) is 19.4 Å². The molecule has 4 heterocycles. The van der Waals surface area contributed by atoms with Gasteiger partial charge in [-0.15, -0.1) is 11.8 Å². The number of halogens is 1. The van der Waals surface area contributed by atoms with Crippen molar-refractivity contribution in [1.29, 1.82) is 0 Å². The predicted octanol–water partition coefficient (Wildman–Crippen LogP) is 5.20. The number of pyridine rings is 2. The average molecular weight is 476 g/mol. The highest BCUT2D eigenvalue weighted by Crippen LogP contribution is 2.47. The maximum absolute atomic E-state index is 12.8. The lowest BCUT2D eigenvalue weighted by atomic mass is 9.98. The number of nitrogens with one attached hydrogen (secondary N) is 1. The molecule has 0 spiro atoms. The molecule has 1 aliphatic rings. The maximum atomic E-state index is 12.8. The third-order valence-corrected chi connectivity index (χ3v) is 7.22. The number of thioether (sulfide) groups is 1. The molecule has 0 fully saturated rings. The fourth-order valence-electron chi connectivity index (χ4n) is 4.07. The number of ketones is 1. The van der Waals surface area contributed by atoms with E-state index >= 15 is 0 Å². The zero-order valence-electron chi connectivity index (χ0n) is 18.0. The van der Waals surface area contributed by atoms with Crippen LogP contribution in [0, 0.1) is 0 Å². The third kappa shape index (κ3) is 4.38. The van der Waals surface area contributed by atoms with E-state index in [1.54, 1.807) is 24.7 Å². The zero-order valence-corrected chi connectivity index (χ0v) is 19.6. The maximum Gasteiger partial charge on any atom is 0.167 e. The molecule has 0 saturated carbocycles. The molecule has 1 aliphatic heterocycles. The van der Waals surface area contributed by atoms with E-state index in [0.29, 0.717) is 17.0 Å². The SMILES string of the molecule is Cn1nc(-c2ccccn2)c2c1NCCSC2c1ccc(C(=O)Cc2cccnc2)cc1Cl. The van der Waals surface area contributed by atoms with E-state index in [1.165, 1.54) is 0 Å². The molecule has 1 aromatic carbocycles. The number of fused-ring (bicyclic) bond motifs is 1. The first-order chi connectivity index (χ1) is 16.1. The molecule has 4 aromatic rings. The predicted molar refractivity (Wildman–Crippen MR) is 133 cm³/mol. The highest BCUT2D eigenvalue weighted by molar-refractivity contribution is 7.99. The van der Waals surface area contributed by atoms with E-state index in [2.05, 4.69) is 15.3 Å². The number of hydrogen-bond donors (Lipinski definition) is 1. The molecule has 5 rings (SSSR count). The Morgan fingerprint density at radius 3 is 2.88 bits per heavy atom. The second-order valence-electron chi connectivity index (χ2n) is 7.82. The summed E-state index contributed by atoms with van der Waals surface area (Å²) in [5, 5.41) is 8.83. The van der Waals surface area contributed by atoms with Gasteiger partial charge in [0.2, 0.25) is 0 Å². The van der Waals surface area contributed by atoms with Crippen LogP contribution in [0.1, 0.15) is 32.3 Å². The zero-order chi connectivity index (χ0) is 22.8. The average Bonchev–Trinajstić information content (AvgIpc) is 3.01. The van der Waals surface area contributed by atoms with Crippen molar-refractivity contribution in [2.45, 2.75) is 11.7 Å². The molecule has 1 unspecified atom stereocenters. The Bertz CT molecular complexity index is 1290. The first kappa shape index (κ1) is 21.7. The van der Waals surface area contributed by atoms with E-state index in [0.717, 1.165) is 46.2 Å². The summed E-state index contributed by atoms with van der Waals surface area (Å²) in [5.41, 5.74) is 5.18. The van der Waals surface area contributed by atoms with Gasteiger partial charge in [0, 0.05) is 60.5 Å². The molecule has 0 amide bonds. The highest BCUT2D eigenvalue weighted by atomic mass is 35.5. The number of aromatic nitrogens is 4. The molecule has 8 heteroatoms. The number of Topliss-reactive ketones (excluding diaryl/α,β-unsaturated/α-hetero) is 1. The van der Waals surface area contributed by atoms with Crippen LogP contribution >= 0.6 is 23.4 Å². The van der Waals surface area contributed by atoms with Gasteiger partial charge in [-0.05, 0) is 35.4 Å². The molecule has 0 radical (unpaired) electrons. The van der Waals surface area contributed by atoms with Gasteiger partial charge in [-0.1, -0.05) is 35.9 Å².